The lowest BCUT2D eigenvalue weighted by Gasteiger charge is -2.31. The van der Waals surface area contributed by atoms with Crippen molar-refractivity contribution in [3.63, 3.8) is 0 Å². The SMILES string of the molecule is CCCCNC(=O)C(C)N(Cc1cccc(Br)c1)C(=O)CN(c1ccc(OCc2ccccc2)cc1)S(C)(=O)=O. The van der Waals surface area contributed by atoms with Crippen LogP contribution < -0.4 is 14.4 Å². The quantitative estimate of drug-likeness (QED) is 0.250. The predicted octanol–water partition coefficient (Wildman–Crippen LogP) is 5.13. The normalized spacial score (nSPS) is 11.9. The van der Waals surface area contributed by atoms with Gasteiger partial charge in [0, 0.05) is 17.6 Å². The van der Waals surface area contributed by atoms with Crippen molar-refractivity contribution in [2.75, 3.05) is 23.7 Å². The number of hydrogen-bond donors (Lipinski definition) is 1. The lowest BCUT2D eigenvalue weighted by Crippen LogP contribution is -2.51. The lowest BCUT2D eigenvalue weighted by molar-refractivity contribution is -0.139. The van der Waals surface area contributed by atoms with E-state index in [0.717, 1.165) is 39.0 Å². The number of nitrogens with one attached hydrogen (secondary N) is 1. The van der Waals surface area contributed by atoms with Crippen LogP contribution in [-0.4, -0.2) is 50.5 Å². The van der Waals surface area contributed by atoms with Gasteiger partial charge in [0.1, 0.15) is 24.9 Å². The molecule has 0 bridgehead atoms. The Balaban J connectivity index is 1.80. The van der Waals surface area contributed by atoms with Gasteiger partial charge in [-0.2, -0.15) is 0 Å². The lowest BCUT2D eigenvalue weighted by atomic mass is 10.1. The summed E-state index contributed by atoms with van der Waals surface area (Å²) in [6, 6.07) is 22.9. The number of hydrogen-bond acceptors (Lipinski definition) is 5. The summed E-state index contributed by atoms with van der Waals surface area (Å²) in [5.41, 5.74) is 2.14. The Kier molecular flexibility index (Phi) is 11.6. The molecule has 0 spiro atoms. The van der Waals surface area contributed by atoms with Crippen molar-refractivity contribution in [1.29, 1.82) is 0 Å². The first-order valence-corrected chi connectivity index (χ1v) is 15.8. The zero-order valence-corrected chi connectivity index (χ0v) is 25.4. The van der Waals surface area contributed by atoms with Crippen molar-refractivity contribution in [2.45, 2.75) is 45.9 Å². The molecule has 3 aromatic carbocycles. The van der Waals surface area contributed by atoms with Crippen LogP contribution in [0.15, 0.2) is 83.3 Å². The Morgan fingerprint density at radius 3 is 2.27 bits per heavy atom. The van der Waals surface area contributed by atoms with Gasteiger partial charge in [0.2, 0.25) is 21.8 Å². The molecule has 2 amide bonds. The minimum absolute atomic E-state index is 0.143. The number of rotatable bonds is 14. The molecule has 0 aliphatic heterocycles. The van der Waals surface area contributed by atoms with E-state index in [1.54, 1.807) is 31.2 Å². The standard InChI is InChI=1S/C30H36BrN3O5S/c1-4-5-18-32-30(36)23(2)33(20-25-12-9-13-26(31)19-25)29(35)21-34(40(3,37)38)27-14-16-28(17-15-27)39-22-24-10-7-6-8-11-24/h6-17,19,23H,4-5,18,20-22H2,1-3H3,(H,32,36). The molecule has 0 radical (unpaired) electrons. The van der Waals surface area contributed by atoms with E-state index in [2.05, 4.69) is 21.2 Å². The summed E-state index contributed by atoms with van der Waals surface area (Å²) in [7, 11) is -3.82. The maximum Gasteiger partial charge on any atom is 0.244 e. The summed E-state index contributed by atoms with van der Waals surface area (Å²) in [4.78, 5) is 28.0. The maximum atomic E-state index is 13.7. The fraction of sp³-hybridized carbons (Fsp3) is 0.333. The molecule has 1 unspecified atom stereocenters. The van der Waals surface area contributed by atoms with E-state index >= 15 is 0 Å². The molecule has 0 fully saturated rings. The van der Waals surface area contributed by atoms with Gasteiger partial charge in [0.15, 0.2) is 0 Å². The van der Waals surface area contributed by atoms with Crippen LogP contribution in [0.3, 0.4) is 0 Å². The first-order valence-electron chi connectivity index (χ1n) is 13.1. The molecular weight excluding hydrogens is 594 g/mol. The highest BCUT2D eigenvalue weighted by molar-refractivity contribution is 9.10. The molecule has 3 aromatic rings. The number of nitrogens with zero attached hydrogens (tertiary/aromatic N) is 2. The first-order chi connectivity index (χ1) is 19.1. The van der Waals surface area contributed by atoms with Crippen molar-refractivity contribution < 1.29 is 22.7 Å². The van der Waals surface area contributed by atoms with Crippen LogP contribution in [0, 0.1) is 0 Å². The average Bonchev–Trinajstić information content (AvgIpc) is 2.93. The summed E-state index contributed by atoms with van der Waals surface area (Å²) in [5, 5.41) is 2.87. The van der Waals surface area contributed by atoms with E-state index < -0.39 is 28.5 Å². The van der Waals surface area contributed by atoms with Crippen LogP contribution in [0.25, 0.3) is 0 Å². The summed E-state index contributed by atoms with van der Waals surface area (Å²) in [6.45, 7) is 4.25. The van der Waals surface area contributed by atoms with Crippen LogP contribution in [0.4, 0.5) is 5.69 Å². The largest absolute Gasteiger partial charge is 0.489 e. The number of carbonyl (C=O) groups excluding carboxylic acids is 2. The number of sulfonamides is 1. The van der Waals surface area contributed by atoms with Crippen LogP contribution in [-0.2, 0) is 32.8 Å². The van der Waals surface area contributed by atoms with E-state index in [1.165, 1.54) is 4.90 Å². The smallest absolute Gasteiger partial charge is 0.244 e. The Labute approximate surface area is 245 Å². The second-order valence-electron chi connectivity index (χ2n) is 9.51. The minimum Gasteiger partial charge on any atom is -0.489 e. The van der Waals surface area contributed by atoms with Crippen LogP contribution in [0.1, 0.15) is 37.8 Å². The van der Waals surface area contributed by atoms with Crippen LogP contribution >= 0.6 is 15.9 Å². The molecule has 8 nitrogen and oxygen atoms in total. The van der Waals surface area contributed by atoms with Gasteiger partial charge in [-0.05, 0) is 60.9 Å². The molecule has 1 atom stereocenters. The molecule has 0 saturated carbocycles. The van der Waals surface area contributed by atoms with E-state index in [-0.39, 0.29) is 12.5 Å². The highest BCUT2D eigenvalue weighted by Gasteiger charge is 2.30. The molecule has 0 aliphatic carbocycles. The highest BCUT2D eigenvalue weighted by atomic mass is 79.9. The molecule has 214 valence electrons. The van der Waals surface area contributed by atoms with Gasteiger partial charge in [-0.15, -0.1) is 0 Å². The fourth-order valence-electron chi connectivity index (χ4n) is 4.01. The maximum absolute atomic E-state index is 13.7. The molecular formula is C30H36BrN3O5S. The monoisotopic (exact) mass is 629 g/mol. The third-order valence-electron chi connectivity index (χ3n) is 6.29. The third kappa shape index (κ3) is 9.38. The first kappa shape index (κ1) is 31.2. The summed E-state index contributed by atoms with van der Waals surface area (Å²) in [6.07, 6.45) is 2.80. The van der Waals surface area contributed by atoms with E-state index in [1.807, 2.05) is 61.5 Å². The number of ether oxygens (including phenoxy) is 1. The number of carbonyl (C=O) groups is 2. The van der Waals surface area contributed by atoms with Gasteiger partial charge in [-0.1, -0.05) is 71.7 Å². The van der Waals surface area contributed by atoms with Gasteiger partial charge in [0.05, 0.1) is 11.9 Å². The van der Waals surface area contributed by atoms with E-state index in [0.29, 0.717) is 24.6 Å². The third-order valence-corrected chi connectivity index (χ3v) is 7.92. The molecule has 0 aromatic heterocycles. The second-order valence-corrected chi connectivity index (χ2v) is 12.3. The number of anilines is 1. The van der Waals surface area contributed by atoms with Crippen molar-refractivity contribution in [2.24, 2.45) is 0 Å². The number of halogens is 1. The molecule has 40 heavy (non-hydrogen) atoms. The highest BCUT2D eigenvalue weighted by Crippen LogP contribution is 2.23. The summed E-state index contributed by atoms with van der Waals surface area (Å²) < 4.78 is 33.3. The number of unbranched alkanes of at least 4 members (excludes halogenated alkanes) is 1. The van der Waals surface area contributed by atoms with Crippen molar-refractivity contribution >= 4 is 43.5 Å². The van der Waals surface area contributed by atoms with Crippen molar-refractivity contribution in [1.82, 2.24) is 10.2 Å². The van der Waals surface area contributed by atoms with Gasteiger partial charge in [0.25, 0.3) is 0 Å². The number of amides is 2. The molecule has 0 saturated heterocycles. The van der Waals surface area contributed by atoms with Crippen LogP contribution in [0.2, 0.25) is 0 Å². The Bertz CT molecular complexity index is 1370. The number of benzene rings is 3. The molecule has 10 heteroatoms. The average molecular weight is 631 g/mol. The van der Waals surface area contributed by atoms with E-state index in [9.17, 15) is 18.0 Å². The Morgan fingerprint density at radius 2 is 1.65 bits per heavy atom. The van der Waals surface area contributed by atoms with Gasteiger partial charge >= 0.3 is 0 Å². The van der Waals surface area contributed by atoms with Gasteiger partial charge in [-0.25, -0.2) is 8.42 Å². The van der Waals surface area contributed by atoms with E-state index in [4.69, 9.17) is 4.74 Å². The molecule has 0 aliphatic rings. The summed E-state index contributed by atoms with van der Waals surface area (Å²) in [5.74, 6) is -0.211. The fourth-order valence-corrected chi connectivity index (χ4v) is 5.31. The Hall–Kier alpha value is -3.37. The van der Waals surface area contributed by atoms with Crippen LogP contribution in [0.5, 0.6) is 5.75 Å². The molecule has 0 heterocycles. The Morgan fingerprint density at radius 1 is 0.975 bits per heavy atom. The molecule has 3 rings (SSSR count). The van der Waals surface area contributed by atoms with Crippen molar-refractivity contribution in [3.8, 4) is 5.75 Å². The zero-order valence-electron chi connectivity index (χ0n) is 23.0. The predicted molar refractivity (Wildman–Crippen MR) is 161 cm³/mol. The molecule has 1 N–H and O–H groups in total. The van der Waals surface area contributed by atoms with Gasteiger partial charge in [-0.3, -0.25) is 13.9 Å². The topological polar surface area (TPSA) is 96.0 Å². The zero-order chi connectivity index (χ0) is 29.1. The minimum atomic E-state index is -3.82. The summed E-state index contributed by atoms with van der Waals surface area (Å²) >= 11 is 3.44. The second kappa shape index (κ2) is 14.9. The van der Waals surface area contributed by atoms with Crippen molar-refractivity contribution in [3.05, 3.63) is 94.5 Å². The van der Waals surface area contributed by atoms with Gasteiger partial charge < -0.3 is 15.0 Å².